The zero-order chi connectivity index (χ0) is 16.7. The number of pyridine rings is 1. The topological polar surface area (TPSA) is 57.7 Å². The van der Waals surface area contributed by atoms with E-state index in [0.717, 1.165) is 11.6 Å². The number of hydrogen-bond acceptors (Lipinski definition) is 4. The molecular weight excluding hydrogens is 292 g/mol. The Balaban J connectivity index is 1.78. The molecule has 0 spiro atoms. The molecular formula is C17H22N4O2. The largest absolute Gasteiger partial charge is 0.492 e. The van der Waals surface area contributed by atoms with Gasteiger partial charge in [0.05, 0.1) is 18.4 Å². The van der Waals surface area contributed by atoms with Gasteiger partial charge in [0, 0.05) is 21.1 Å². The quantitative estimate of drug-likeness (QED) is 0.890. The highest BCUT2D eigenvalue weighted by atomic mass is 16.5. The van der Waals surface area contributed by atoms with Crippen molar-refractivity contribution >= 4 is 17.5 Å². The van der Waals surface area contributed by atoms with Crippen molar-refractivity contribution in [1.29, 1.82) is 0 Å². The summed E-state index contributed by atoms with van der Waals surface area (Å²) in [5.74, 6) is 1.64. The van der Waals surface area contributed by atoms with E-state index in [1.807, 2.05) is 61.5 Å². The average Bonchev–Trinajstić information content (AvgIpc) is 2.56. The predicted octanol–water partition coefficient (Wildman–Crippen LogP) is 2.69. The number of carbonyl (C=O) groups is 1. The molecule has 0 aliphatic heterocycles. The first-order chi connectivity index (χ1) is 11.1. The SMILES string of the molecule is CN(CCOc1ccccc1)C(=O)Nc1ccc(N(C)C)nc1. The molecule has 0 saturated heterocycles. The molecule has 0 radical (unpaired) electrons. The molecule has 1 N–H and O–H groups in total. The van der Waals surface area contributed by atoms with E-state index in [0.29, 0.717) is 18.8 Å². The van der Waals surface area contributed by atoms with Crippen LogP contribution < -0.4 is 15.0 Å². The van der Waals surface area contributed by atoms with Crippen molar-refractivity contribution < 1.29 is 9.53 Å². The van der Waals surface area contributed by atoms with Gasteiger partial charge in [-0.05, 0) is 24.3 Å². The second-order valence-corrected chi connectivity index (χ2v) is 5.31. The van der Waals surface area contributed by atoms with Gasteiger partial charge < -0.3 is 19.9 Å². The van der Waals surface area contributed by atoms with Crippen LogP contribution in [-0.4, -0.2) is 50.2 Å². The van der Waals surface area contributed by atoms with Gasteiger partial charge in [0.15, 0.2) is 0 Å². The maximum absolute atomic E-state index is 12.1. The minimum absolute atomic E-state index is 0.193. The number of likely N-dealkylation sites (N-methyl/N-ethyl adjacent to an activating group) is 1. The van der Waals surface area contributed by atoms with Gasteiger partial charge >= 0.3 is 6.03 Å². The molecule has 1 heterocycles. The molecule has 1 aromatic carbocycles. The number of nitrogens with zero attached hydrogens (tertiary/aromatic N) is 3. The molecule has 2 rings (SSSR count). The lowest BCUT2D eigenvalue weighted by Crippen LogP contribution is -2.34. The number of carbonyl (C=O) groups excluding carboxylic acids is 1. The second kappa shape index (κ2) is 8.03. The standard InChI is InChI=1S/C17H22N4O2/c1-20(2)16-10-9-14(13-18-16)19-17(22)21(3)11-12-23-15-7-5-4-6-8-15/h4-10,13H,11-12H2,1-3H3,(H,19,22). The minimum atomic E-state index is -0.193. The van der Waals surface area contributed by atoms with E-state index in [2.05, 4.69) is 10.3 Å². The van der Waals surface area contributed by atoms with Crippen LogP contribution in [0.15, 0.2) is 48.7 Å². The van der Waals surface area contributed by atoms with Crippen molar-refractivity contribution in [3.8, 4) is 5.75 Å². The van der Waals surface area contributed by atoms with Gasteiger partial charge in [-0.3, -0.25) is 0 Å². The third kappa shape index (κ3) is 5.18. The van der Waals surface area contributed by atoms with Gasteiger partial charge in [0.25, 0.3) is 0 Å². The molecule has 0 atom stereocenters. The lowest BCUT2D eigenvalue weighted by atomic mass is 10.3. The number of aromatic nitrogens is 1. The second-order valence-electron chi connectivity index (χ2n) is 5.31. The molecule has 6 nitrogen and oxygen atoms in total. The van der Waals surface area contributed by atoms with E-state index in [-0.39, 0.29) is 6.03 Å². The number of benzene rings is 1. The number of para-hydroxylation sites is 1. The van der Waals surface area contributed by atoms with Crippen LogP contribution in [0.1, 0.15) is 0 Å². The summed E-state index contributed by atoms with van der Waals surface area (Å²) >= 11 is 0. The Morgan fingerprint density at radius 1 is 1.13 bits per heavy atom. The molecule has 0 unspecified atom stereocenters. The van der Waals surface area contributed by atoms with Crippen LogP contribution in [0.4, 0.5) is 16.3 Å². The van der Waals surface area contributed by atoms with Crippen molar-refractivity contribution in [2.24, 2.45) is 0 Å². The van der Waals surface area contributed by atoms with Gasteiger partial charge in [0.2, 0.25) is 0 Å². The van der Waals surface area contributed by atoms with E-state index in [1.54, 1.807) is 18.1 Å². The van der Waals surface area contributed by atoms with Gasteiger partial charge in [-0.1, -0.05) is 18.2 Å². The zero-order valence-electron chi connectivity index (χ0n) is 13.7. The first-order valence-corrected chi connectivity index (χ1v) is 7.39. The number of hydrogen-bond donors (Lipinski definition) is 1. The normalized spacial score (nSPS) is 10.0. The number of amides is 2. The van der Waals surface area contributed by atoms with Crippen LogP contribution in [0.5, 0.6) is 5.75 Å². The maximum Gasteiger partial charge on any atom is 0.321 e. The molecule has 0 saturated carbocycles. The minimum Gasteiger partial charge on any atom is -0.492 e. The highest BCUT2D eigenvalue weighted by molar-refractivity contribution is 5.89. The van der Waals surface area contributed by atoms with Crippen molar-refractivity contribution in [2.75, 3.05) is 44.5 Å². The Kier molecular flexibility index (Phi) is 5.80. The summed E-state index contributed by atoms with van der Waals surface area (Å²) in [7, 11) is 5.56. The Morgan fingerprint density at radius 3 is 2.48 bits per heavy atom. The molecule has 1 aromatic heterocycles. The summed E-state index contributed by atoms with van der Waals surface area (Å²) in [6.45, 7) is 0.926. The first-order valence-electron chi connectivity index (χ1n) is 7.39. The fraction of sp³-hybridized carbons (Fsp3) is 0.294. The lowest BCUT2D eigenvalue weighted by Gasteiger charge is -2.18. The van der Waals surface area contributed by atoms with E-state index in [4.69, 9.17) is 4.74 Å². The summed E-state index contributed by atoms with van der Waals surface area (Å²) in [5.41, 5.74) is 0.663. The summed E-state index contributed by atoms with van der Waals surface area (Å²) in [6, 6.07) is 13.0. The Hall–Kier alpha value is -2.76. The van der Waals surface area contributed by atoms with E-state index >= 15 is 0 Å². The fourth-order valence-corrected chi connectivity index (χ4v) is 1.86. The van der Waals surface area contributed by atoms with E-state index in [1.165, 1.54) is 0 Å². The van der Waals surface area contributed by atoms with Gasteiger partial charge in [-0.25, -0.2) is 9.78 Å². The third-order valence-electron chi connectivity index (χ3n) is 3.24. The molecule has 6 heteroatoms. The summed E-state index contributed by atoms with van der Waals surface area (Å²) < 4.78 is 5.58. The van der Waals surface area contributed by atoms with Crippen molar-refractivity contribution in [2.45, 2.75) is 0 Å². The Labute approximate surface area is 136 Å². The zero-order valence-corrected chi connectivity index (χ0v) is 13.7. The molecule has 0 bridgehead atoms. The molecule has 0 aliphatic carbocycles. The van der Waals surface area contributed by atoms with Crippen molar-refractivity contribution in [1.82, 2.24) is 9.88 Å². The summed E-state index contributed by atoms with van der Waals surface area (Å²) in [6.07, 6.45) is 1.64. The molecule has 0 fully saturated rings. The maximum atomic E-state index is 12.1. The first kappa shape index (κ1) is 16.6. The number of urea groups is 1. The molecule has 122 valence electrons. The number of anilines is 2. The number of nitrogens with one attached hydrogen (secondary N) is 1. The molecule has 0 aliphatic rings. The number of ether oxygens (including phenoxy) is 1. The van der Waals surface area contributed by atoms with Crippen molar-refractivity contribution in [3.05, 3.63) is 48.7 Å². The highest BCUT2D eigenvalue weighted by Crippen LogP contribution is 2.12. The van der Waals surface area contributed by atoms with E-state index < -0.39 is 0 Å². The molecule has 2 amide bonds. The lowest BCUT2D eigenvalue weighted by molar-refractivity contribution is 0.207. The smallest absolute Gasteiger partial charge is 0.321 e. The van der Waals surface area contributed by atoms with Crippen LogP contribution in [0, 0.1) is 0 Å². The van der Waals surface area contributed by atoms with Gasteiger partial charge in [0.1, 0.15) is 18.2 Å². The van der Waals surface area contributed by atoms with Crippen molar-refractivity contribution in [3.63, 3.8) is 0 Å². The summed E-state index contributed by atoms with van der Waals surface area (Å²) in [5, 5.41) is 2.81. The highest BCUT2D eigenvalue weighted by Gasteiger charge is 2.09. The van der Waals surface area contributed by atoms with Crippen LogP contribution in [-0.2, 0) is 0 Å². The summed E-state index contributed by atoms with van der Waals surface area (Å²) in [4.78, 5) is 19.8. The van der Waals surface area contributed by atoms with Crippen LogP contribution in [0.25, 0.3) is 0 Å². The molecule has 2 aromatic rings. The van der Waals surface area contributed by atoms with Crippen LogP contribution >= 0.6 is 0 Å². The monoisotopic (exact) mass is 314 g/mol. The third-order valence-corrected chi connectivity index (χ3v) is 3.24. The Bertz CT molecular complexity index is 614. The predicted molar refractivity (Wildman–Crippen MR) is 92.1 cm³/mol. The van der Waals surface area contributed by atoms with E-state index in [9.17, 15) is 4.79 Å². The fourth-order valence-electron chi connectivity index (χ4n) is 1.86. The van der Waals surface area contributed by atoms with Gasteiger partial charge in [-0.2, -0.15) is 0 Å². The molecule has 23 heavy (non-hydrogen) atoms. The van der Waals surface area contributed by atoms with Crippen LogP contribution in [0.2, 0.25) is 0 Å². The average molecular weight is 314 g/mol. The Morgan fingerprint density at radius 2 is 1.87 bits per heavy atom. The number of rotatable bonds is 6. The van der Waals surface area contributed by atoms with Gasteiger partial charge in [-0.15, -0.1) is 0 Å². The van der Waals surface area contributed by atoms with Crippen LogP contribution in [0.3, 0.4) is 0 Å².